The summed E-state index contributed by atoms with van der Waals surface area (Å²) < 4.78 is 0. The van der Waals surface area contributed by atoms with E-state index in [1.165, 1.54) is 5.56 Å². The Labute approximate surface area is 128 Å². The van der Waals surface area contributed by atoms with Gasteiger partial charge >= 0.3 is 0 Å². The van der Waals surface area contributed by atoms with Gasteiger partial charge in [-0.05, 0) is 28.9 Å². The van der Waals surface area contributed by atoms with Crippen molar-refractivity contribution in [2.45, 2.75) is 46.1 Å². The molecule has 0 saturated carbocycles. The molecule has 116 valence electrons. The van der Waals surface area contributed by atoms with Gasteiger partial charge in [0, 0.05) is 13.0 Å². The van der Waals surface area contributed by atoms with Crippen molar-refractivity contribution in [3.63, 3.8) is 0 Å². The van der Waals surface area contributed by atoms with Crippen LogP contribution in [0.3, 0.4) is 0 Å². The van der Waals surface area contributed by atoms with Crippen molar-refractivity contribution < 1.29 is 9.90 Å². The Morgan fingerprint density at radius 2 is 1.71 bits per heavy atom. The van der Waals surface area contributed by atoms with Crippen LogP contribution < -0.4 is 0 Å². The molecule has 0 spiro atoms. The summed E-state index contributed by atoms with van der Waals surface area (Å²) in [5.74, 6) is 1.60. The van der Waals surface area contributed by atoms with Crippen molar-refractivity contribution >= 4 is 5.91 Å². The number of likely N-dealkylation sites (tertiary alicyclic amines) is 1. The second kappa shape index (κ2) is 6.61. The smallest absolute Gasteiger partial charge is 0.223 e. The number of rotatable bonds is 5. The molecule has 2 atom stereocenters. The van der Waals surface area contributed by atoms with E-state index in [4.69, 9.17) is 0 Å². The maximum atomic E-state index is 12.0. The van der Waals surface area contributed by atoms with Gasteiger partial charge in [-0.15, -0.1) is 0 Å². The monoisotopic (exact) mass is 289 g/mol. The van der Waals surface area contributed by atoms with Crippen LogP contribution in [0.1, 0.15) is 57.3 Å². The average Bonchev–Trinajstić information content (AvgIpc) is 2.80. The van der Waals surface area contributed by atoms with Crippen LogP contribution in [0.15, 0.2) is 24.3 Å². The van der Waals surface area contributed by atoms with E-state index >= 15 is 0 Å². The molecule has 1 N–H and O–H groups in total. The van der Waals surface area contributed by atoms with Crippen LogP contribution in [0.5, 0.6) is 0 Å². The summed E-state index contributed by atoms with van der Waals surface area (Å²) in [6, 6.07) is 8.07. The summed E-state index contributed by atoms with van der Waals surface area (Å²) in [4.78, 5) is 13.8. The highest BCUT2D eigenvalue weighted by Gasteiger charge is 2.32. The molecule has 2 unspecified atom stereocenters. The van der Waals surface area contributed by atoms with Crippen LogP contribution >= 0.6 is 0 Å². The van der Waals surface area contributed by atoms with E-state index in [0.717, 1.165) is 12.1 Å². The highest BCUT2D eigenvalue weighted by atomic mass is 16.3. The minimum atomic E-state index is -0.596. The molecular weight excluding hydrogens is 262 g/mol. The number of hydrogen-bond donors (Lipinski definition) is 1. The Kier molecular flexibility index (Phi) is 5.04. The van der Waals surface area contributed by atoms with Crippen molar-refractivity contribution in [1.29, 1.82) is 0 Å². The van der Waals surface area contributed by atoms with Gasteiger partial charge < -0.3 is 10.0 Å². The lowest BCUT2D eigenvalue weighted by atomic mass is 9.95. The Bertz CT molecular complexity index is 478. The van der Waals surface area contributed by atoms with Crippen molar-refractivity contribution in [2.75, 3.05) is 13.1 Å². The number of nitrogens with zero attached hydrogens (tertiary/aromatic N) is 1. The van der Waals surface area contributed by atoms with E-state index in [1.54, 1.807) is 0 Å². The van der Waals surface area contributed by atoms with Gasteiger partial charge in [0.25, 0.3) is 0 Å². The molecule has 1 aromatic carbocycles. The first-order valence-corrected chi connectivity index (χ1v) is 7.94. The molecule has 2 rings (SSSR count). The Morgan fingerprint density at radius 3 is 2.19 bits per heavy atom. The lowest BCUT2D eigenvalue weighted by Gasteiger charge is -2.22. The number of carbonyl (C=O) groups excluding carboxylic acids is 1. The molecular formula is C18H27NO2. The summed E-state index contributed by atoms with van der Waals surface area (Å²) in [5, 5.41) is 10.4. The van der Waals surface area contributed by atoms with Crippen LogP contribution in [-0.2, 0) is 4.79 Å². The first-order chi connectivity index (χ1) is 9.88. The number of benzene rings is 1. The number of hydrogen-bond acceptors (Lipinski definition) is 2. The summed E-state index contributed by atoms with van der Waals surface area (Å²) >= 11 is 0. The maximum Gasteiger partial charge on any atom is 0.223 e. The fourth-order valence-corrected chi connectivity index (χ4v) is 2.84. The third-order valence-electron chi connectivity index (χ3n) is 4.57. The molecule has 0 radical (unpaired) electrons. The minimum absolute atomic E-state index is 0.173. The van der Waals surface area contributed by atoms with Gasteiger partial charge in [0.2, 0.25) is 5.91 Å². The van der Waals surface area contributed by atoms with Crippen molar-refractivity contribution in [2.24, 2.45) is 11.8 Å². The lowest BCUT2D eigenvalue weighted by molar-refractivity contribution is -0.129. The zero-order chi connectivity index (χ0) is 15.6. The van der Waals surface area contributed by atoms with Gasteiger partial charge in [0.15, 0.2) is 0 Å². The highest BCUT2D eigenvalue weighted by molar-refractivity contribution is 5.78. The molecule has 1 aliphatic rings. The van der Waals surface area contributed by atoms with Gasteiger partial charge in [-0.25, -0.2) is 0 Å². The second-order valence-corrected chi connectivity index (χ2v) is 6.84. The van der Waals surface area contributed by atoms with Crippen molar-refractivity contribution in [1.82, 2.24) is 4.90 Å². The van der Waals surface area contributed by atoms with E-state index in [-0.39, 0.29) is 5.91 Å². The van der Waals surface area contributed by atoms with E-state index in [0.29, 0.717) is 30.7 Å². The molecule has 1 aromatic rings. The Hall–Kier alpha value is -1.35. The molecule has 3 nitrogen and oxygen atoms in total. The predicted octanol–water partition coefficient (Wildman–Crippen LogP) is 3.35. The molecule has 21 heavy (non-hydrogen) atoms. The molecule has 1 heterocycles. The summed E-state index contributed by atoms with van der Waals surface area (Å²) in [5.41, 5.74) is 2.16. The number of amides is 1. The van der Waals surface area contributed by atoms with E-state index in [1.807, 2.05) is 17.0 Å². The van der Waals surface area contributed by atoms with Gasteiger partial charge in [-0.3, -0.25) is 4.79 Å². The molecule has 0 aromatic heterocycles. The standard InChI is InChI=1S/C18H27NO2/c1-12(2)14-5-7-15(8-6-14)17(20)11-19-10-16(13(3)4)9-18(19)21/h5-8,12-13,16-17,20H,9-11H2,1-4H3. The van der Waals surface area contributed by atoms with Crippen LogP contribution in [-0.4, -0.2) is 29.0 Å². The SMILES string of the molecule is CC(C)c1ccc(C(O)CN2CC(C(C)C)CC2=O)cc1. The first kappa shape index (κ1) is 16.0. The largest absolute Gasteiger partial charge is 0.387 e. The van der Waals surface area contributed by atoms with Crippen molar-refractivity contribution in [3.05, 3.63) is 35.4 Å². The highest BCUT2D eigenvalue weighted by Crippen LogP contribution is 2.27. The van der Waals surface area contributed by atoms with Gasteiger partial charge in [-0.1, -0.05) is 52.0 Å². The first-order valence-electron chi connectivity index (χ1n) is 7.94. The number of aliphatic hydroxyl groups is 1. The normalized spacial score (nSPS) is 20.6. The quantitative estimate of drug-likeness (QED) is 0.903. The molecule has 1 aliphatic heterocycles. The summed E-state index contributed by atoms with van der Waals surface area (Å²) in [7, 11) is 0. The minimum Gasteiger partial charge on any atom is -0.387 e. The Morgan fingerprint density at radius 1 is 1.14 bits per heavy atom. The van der Waals surface area contributed by atoms with E-state index in [2.05, 4.69) is 39.8 Å². The van der Waals surface area contributed by atoms with Crippen LogP contribution in [0.25, 0.3) is 0 Å². The summed E-state index contributed by atoms with van der Waals surface area (Å²) in [6.07, 6.45) is 0.0255. The third-order valence-corrected chi connectivity index (χ3v) is 4.57. The number of β-amino-alcohol motifs (C(OH)–C–C–N with tert-alkyl or cyclic N) is 1. The molecule has 3 heteroatoms. The fraction of sp³-hybridized carbons (Fsp3) is 0.611. The van der Waals surface area contributed by atoms with E-state index < -0.39 is 6.10 Å². The number of aliphatic hydroxyl groups excluding tert-OH is 1. The maximum absolute atomic E-state index is 12.0. The topological polar surface area (TPSA) is 40.5 Å². The van der Waals surface area contributed by atoms with Gasteiger partial charge in [0.1, 0.15) is 0 Å². The zero-order valence-corrected chi connectivity index (χ0v) is 13.5. The van der Waals surface area contributed by atoms with Crippen LogP contribution in [0, 0.1) is 11.8 Å². The molecule has 1 amide bonds. The lowest BCUT2D eigenvalue weighted by Crippen LogP contribution is -2.30. The molecule has 1 fully saturated rings. The van der Waals surface area contributed by atoms with Gasteiger partial charge in [0.05, 0.1) is 12.6 Å². The second-order valence-electron chi connectivity index (χ2n) is 6.84. The molecule has 0 aliphatic carbocycles. The van der Waals surface area contributed by atoms with E-state index in [9.17, 15) is 9.90 Å². The van der Waals surface area contributed by atoms with Gasteiger partial charge in [-0.2, -0.15) is 0 Å². The van der Waals surface area contributed by atoms with Crippen LogP contribution in [0.2, 0.25) is 0 Å². The number of carbonyl (C=O) groups is 1. The third kappa shape index (κ3) is 3.85. The molecule has 0 bridgehead atoms. The summed E-state index contributed by atoms with van der Waals surface area (Å²) in [6.45, 7) is 9.80. The van der Waals surface area contributed by atoms with Crippen LogP contribution in [0.4, 0.5) is 0 Å². The molecule has 1 saturated heterocycles. The zero-order valence-electron chi connectivity index (χ0n) is 13.5. The predicted molar refractivity (Wildman–Crippen MR) is 85.0 cm³/mol. The average molecular weight is 289 g/mol. The fourth-order valence-electron chi connectivity index (χ4n) is 2.84. The van der Waals surface area contributed by atoms with Crippen molar-refractivity contribution in [3.8, 4) is 0 Å². The Balaban J connectivity index is 1.98.